The summed E-state index contributed by atoms with van der Waals surface area (Å²) in [7, 11) is 3.88. The summed E-state index contributed by atoms with van der Waals surface area (Å²) in [6, 6.07) is 7.32. The van der Waals surface area contributed by atoms with Crippen LogP contribution in [0.2, 0.25) is 0 Å². The van der Waals surface area contributed by atoms with Crippen LogP contribution in [0.1, 0.15) is 0 Å². The van der Waals surface area contributed by atoms with Gasteiger partial charge in [-0.1, -0.05) is 0 Å². The highest BCUT2D eigenvalue weighted by Crippen LogP contribution is 2.15. The lowest BCUT2D eigenvalue weighted by atomic mass is 10.2. The fourth-order valence-electron chi connectivity index (χ4n) is 1.94. The molecule has 108 valence electrons. The van der Waals surface area contributed by atoms with Crippen molar-refractivity contribution >= 4 is 23.2 Å². The van der Waals surface area contributed by atoms with Gasteiger partial charge in [-0.25, -0.2) is 0 Å². The van der Waals surface area contributed by atoms with Gasteiger partial charge in [0.25, 0.3) is 0 Å². The summed E-state index contributed by atoms with van der Waals surface area (Å²) in [4.78, 5) is 27.3. The second-order valence-electron chi connectivity index (χ2n) is 4.80. The highest BCUT2D eigenvalue weighted by molar-refractivity contribution is 6.39. The summed E-state index contributed by atoms with van der Waals surface area (Å²) in [6.45, 7) is 1.89. The van der Waals surface area contributed by atoms with Crippen LogP contribution >= 0.6 is 0 Å². The molecule has 1 aliphatic heterocycles. The van der Waals surface area contributed by atoms with E-state index in [1.807, 2.05) is 31.1 Å². The summed E-state index contributed by atoms with van der Waals surface area (Å²) in [5, 5.41) is 2.62. The van der Waals surface area contributed by atoms with Crippen LogP contribution in [-0.4, -0.2) is 57.1 Å². The van der Waals surface area contributed by atoms with Crippen LogP contribution in [-0.2, 0) is 14.3 Å². The van der Waals surface area contributed by atoms with Crippen LogP contribution in [0.4, 0.5) is 11.4 Å². The van der Waals surface area contributed by atoms with Crippen molar-refractivity contribution in [2.24, 2.45) is 0 Å². The summed E-state index contributed by atoms with van der Waals surface area (Å²) in [6.07, 6.45) is 0. The number of hydrogen-bond acceptors (Lipinski definition) is 4. The Kier molecular flexibility index (Phi) is 4.57. The van der Waals surface area contributed by atoms with E-state index in [4.69, 9.17) is 4.74 Å². The Labute approximate surface area is 118 Å². The zero-order chi connectivity index (χ0) is 14.5. The van der Waals surface area contributed by atoms with E-state index in [-0.39, 0.29) is 0 Å². The minimum Gasteiger partial charge on any atom is -0.378 e. The number of ether oxygens (including phenoxy) is 1. The van der Waals surface area contributed by atoms with Gasteiger partial charge < -0.3 is 19.9 Å². The van der Waals surface area contributed by atoms with Crippen molar-refractivity contribution in [3.8, 4) is 0 Å². The zero-order valence-corrected chi connectivity index (χ0v) is 11.8. The highest BCUT2D eigenvalue weighted by Gasteiger charge is 2.23. The van der Waals surface area contributed by atoms with Gasteiger partial charge in [-0.2, -0.15) is 0 Å². The second kappa shape index (κ2) is 6.38. The predicted molar refractivity (Wildman–Crippen MR) is 76.8 cm³/mol. The maximum Gasteiger partial charge on any atom is 0.313 e. The lowest BCUT2D eigenvalue weighted by Gasteiger charge is -2.26. The predicted octanol–water partition coefficient (Wildman–Crippen LogP) is 0.550. The lowest BCUT2D eigenvalue weighted by molar-refractivity contribution is -0.145. The Balaban J connectivity index is 1.94. The summed E-state index contributed by atoms with van der Waals surface area (Å²) in [5.74, 6) is -1.12. The normalized spacial score (nSPS) is 14.8. The van der Waals surface area contributed by atoms with Gasteiger partial charge >= 0.3 is 11.8 Å². The number of rotatable bonds is 2. The van der Waals surface area contributed by atoms with Gasteiger partial charge in [0.1, 0.15) is 0 Å². The molecular weight excluding hydrogens is 258 g/mol. The van der Waals surface area contributed by atoms with Crippen molar-refractivity contribution in [3.05, 3.63) is 24.3 Å². The van der Waals surface area contributed by atoms with E-state index in [1.165, 1.54) is 4.90 Å². The second-order valence-corrected chi connectivity index (χ2v) is 4.80. The number of carbonyl (C=O) groups excluding carboxylic acids is 2. The third kappa shape index (κ3) is 3.48. The monoisotopic (exact) mass is 277 g/mol. The smallest absolute Gasteiger partial charge is 0.313 e. The minimum absolute atomic E-state index is 0.464. The van der Waals surface area contributed by atoms with Crippen molar-refractivity contribution in [2.45, 2.75) is 0 Å². The van der Waals surface area contributed by atoms with Gasteiger partial charge in [0.2, 0.25) is 0 Å². The molecular formula is C14H19N3O3. The van der Waals surface area contributed by atoms with E-state index in [9.17, 15) is 9.59 Å². The molecule has 0 unspecified atom stereocenters. The van der Waals surface area contributed by atoms with Gasteiger partial charge in [-0.15, -0.1) is 0 Å². The van der Waals surface area contributed by atoms with Crippen LogP contribution < -0.4 is 10.2 Å². The topological polar surface area (TPSA) is 61.9 Å². The first-order valence-corrected chi connectivity index (χ1v) is 6.53. The first kappa shape index (κ1) is 14.3. The molecule has 1 heterocycles. The molecule has 2 rings (SSSR count). The van der Waals surface area contributed by atoms with Crippen LogP contribution in [0.5, 0.6) is 0 Å². The van der Waals surface area contributed by atoms with E-state index in [0.717, 1.165) is 5.69 Å². The highest BCUT2D eigenvalue weighted by atomic mass is 16.5. The average Bonchev–Trinajstić information content (AvgIpc) is 2.48. The first-order valence-electron chi connectivity index (χ1n) is 6.53. The van der Waals surface area contributed by atoms with Gasteiger partial charge in [-0.3, -0.25) is 9.59 Å². The van der Waals surface area contributed by atoms with Gasteiger partial charge in [0, 0.05) is 38.6 Å². The average molecular weight is 277 g/mol. The molecule has 1 aromatic carbocycles. The van der Waals surface area contributed by atoms with Crippen molar-refractivity contribution < 1.29 is 14.3 Å². The molecule has 0 bridgehead atoms. The number of hydrogen-bond donors (Lipinski definition) is 1. The molecule has 0 atom stereocenters. The van der Waals surface area contributed by atoms with Crippen molar-refractivity contribution in [3.63, 3.8) is 0 Å². The molecule has 2 amide bonds. The van der Waals surface area contributed by atoms with Gasteiger partial charge in [-0.05, 0) is 24.3 Å². The largest absolute Gasteiger partial charge is 0.378 e. The van der Waals surface area contributed by atoms with Crippen LogP contribution in [0.25, 0.3) is 0 Å². The molecule has 1 N–H and O–H groups in total. The Morgan fingerprint density at radius 2 is 1.75 bits per heavy atom. The number of carbonyl (C=O) groups is 2. The number of amides is 2. The Hall–Kier alpha value is -2.08. The van der Waals surface area contributed by atoms with E-state index in [0.29, 0.717) is 32.0 Å². The van der Waals surface area contributed by atoms with Crippen LogP contribution in [0.15, 0.2) is 24.3 Å². The quantitative estimate of drug-likeness (QED) is 0.802. The molecule has 0 aliphatic carbocycles. The zero-order valence-electron chi connectivity index (χ0n) is 11.8. The molecule has 6 heteroatoms. The maximum absolute atomic E-state index is 11.9. The van der Waals surface area contributed by atoms with Crippen molar-refractivity contribution in [2.75, 3.05) is 50.6 Å². The molecule has 0 saturated carbocycles. The number of anilines is 2. The van der Waals surface area contributed by atoms with Crippen LogP contribution in [0.3, 0.4) is 0 Å². The van der Waals surface area contributed by atoms with Crippen molar-refractivity contribution in [1.29, 1.82) is 0 Å². The van der Waals surface area contributed by atoms with E-state index < -0.39 is 11.8 Å². The number of morpholine rings is 1. The fourth-order valence-corrected chi connectivity index (χ4v) is 1.94. The number of nitrogens with one attached hydrogen (secondary N) is 1. The molecule has 20 heavy (non-hydrogen) atoms. The van der Waals surface area contributed by atoms with Crippen molar-refractivity contribution in [1.82, 2.24) is 4.90 Å². The Morgan fingerprint density at radius 3 is 2.30 bits per heavy atom. The minimum atomic E-state index is -0.607. The molecule has 1 fully saturated rings. The summed E-state index contributed by atoms with van der Waals surface area (Å²) in [5.41, 5.74) is 1.64. The molecule has 1 aromatic rings. The first-order chi connectivity index (χ1) is 9.58. The summed E-state index contributed by atoms with van der Waals surface area (Å²) < 4.78 is 5.15. The Morgan fingerprint density at radius 1 is 1.15 bits per heavy atom. The Bertz CT molecular complexity index is 479. The number of benzene rings is 1. The summed E-state index contributed by atoms with van der Waals surface area (Å²) >= 11 is 0. The number of nitrogens with zero attached hydrogens (tertiary/aromatic N) is 2. The third-order valence-corrected chi connectivity index (χ3v) is 3.13. The maximum atomic E-state index is 11.9. The SMILES string of the molecule is CN(C)c1ccc(NC(=O)C(=O)N2CCOCC2)cc1. The van der Waals surface area contributed by atoms with E-state index >= 15 is 0 Å². The molecule has 6 nitrogen and oxygen atoms in total. The molecule has 0 spiro atoms. The van der Waals surface area contributed by atoms with E-state index in [2.05, 4.69) is 5.32 Å². The van der Waals surface area contributed by atoms with Crippen LogP contribution in [0, 0.1) is 0 Å². The molecule has 0 radical (unpaired) electrons. The molecule has 1 aliphatic rings. The molecule has 0 aromatic heterocycles. The van der Waals surface area contributed by atoms with Gasteiger partial charge in [0.05, 0.1) is 13.2 Å². The third-order valence-electron chi connectivity index (χ3n) is 3.13. The molecule has 1 saturated heterocycles. The lowest BCUT2D eigenvalue weighted by Crippen LogP contribution is -2.45. The van der Waals surface area contributed by atoms with Gasteiger partial charge in [0.15, 0.2) is 0 Å². The fraction of sp³-hybridized carbons (Fsp3) is 0.429. The van der Waals surface area contributed by atoms with E-state index in [1.54, 1.807) is 12.1 Å². The standard InChI is InChI=1S/C14H19N3O3/c1-16(2)12-5-3-11(4-6-12)15-13(18)14(19)17-7-9-20-10-8-17/h3-6H,7-10H2,1-2H3,(H,15,18).